The van der Waals surface area contributed by atoms with Crippen molar-refractivity contribution in [1.29, 1.82) is 0 Å². The van der Waals surface area contributed by atoms with E-state index in [1.165, 1.54) is 6.42 Å². The van der Waals surface area contributed by atoms with Gasteiger partial charge in [-0.1, -0.05) is 26.7 Å². The van der Waals surface area contributed by atoms with Crippen molar-refractivity contribution in [3.63, 3.8) is 0 Å². The predicted molar refractivity (Wildman–Crippen MR) is 64.3 cm³/mol. The van der Waals surface area contributed by atoms with E-state index in [-0.39, 0.29) is 11.9 Å². The molecule has 0 heterocycles. The van der Waals surface area contributed by atoms with Crippen molar-refractivity contribution in [3.05, 3.63) is 0 Å². The number of carbonyl (C=O) groups excluding carboxylic acids is 1. The molecule has 4 heteroatoms. The molecule has 16 heavy (non-hydrogen) atoms. The van der Waals surface area contributed by atoms with E-state index < -0.39 is 6.10 Å². The third-order valence-electron chi connectivity index (χ3n) is 3.51. The van der Waals surface area contributed by atoms with E-state index in [1.54, 1.807) is 0 Å². The Morgan fingerprint density at radius 3 is 2.44 bits per heavy atom. The van der Waals surface area contributed by atoms with Crippen LogP contribution in [-0.2, 0) is 0 Å². The summed E-state index contributed by atoms with van der Waals surface area (Å²) in [7, 11) is 0. The van der Waals surface area contributed by atoms with Gasteiger partial charge in [0.25, 0.3) is 0 Å². The van der Waals surface area contributed by atoms with Crippen LogP contribution in [0.5, 0.6) is 0 Å². The molecule has 1 aliphatic rings. The smallest absolute Gasteiger partial charge is 0.315 e. The highest BCUT2D eigenvalue weighted by atomic mass is 16.3. The van der Waals surface area contributed by atoms with E-state index in [2.05, 4.69) is 24.5 Å². The highest BCUT2D eigenvalue weighted by Gasteiger charge is 2.20. The van der Waals surface area contributed by atoms with Crippen LogP contribution in [0.3, 0.4) is 0 Å². The fourth-order valence-electron chi connectivity index (χ4n) is 1.99. The van der Waals surface area contributed by atoms with Crippen LogP contribution < -0.4 is 10.6 Å². The molecular weight excluding hydrogens is 204 g/mol. The summed E-state index contributed by atoms with van der Waals surface area (Å²) in [6.07, 6.45) is 4.85. The van der Waals surface area contributed by atoms with Gasteiger partial charge in [0.1, 0.15) is 0 Å². The van der Waals surface area contributed by atoms with Crippen molar-refractivity contribution in [2.75, 3.05) is 6.54 Å². The van der Waals surface area contributed by atoms with E-state index in [9.17, 15) is 9.90 Å². The number of amides is 2. The number of aliphatic hydroxyl groups is 1. The summed E-state index contributed by atoms with van der Waals surface area (Å²) in [6.45, 7) is 4.47. The van der Waals surface area contributed by atoms with E-state index >= 15 is 0 Å². The summed E-state index contributed by atoms with van der Waals surface area (Å²) in [4.78, 5) is 11.4. The molecule has 0 bridgehead atoms. The molecule has 0 aliphatic heterocycles. The Hall–Kier alpha value is -0.770. The quantitative estimate of drug-likeness (QED) is 0.647. The number of carbonyl (C=O) groups is 1. The number of hydrogen-bond acceptors (Lipinski definition) is 2. The Balaban J connectivity index is 2.14. The molecular formula is C12H24N2O2. The second kappa shape index (κ2) is 6.74. The zero-order chi connectivity index (χ0) is 12.0. The lowest BCUT2D eigenvalue weighted by molar-refractivity contribution is 0.103. The second-order valence-electron chi connectivity index (χ2n) is 4.63. The van der Waals surface area contributed by atoms with Crippen molar-refractivity contribution in [2.45, 2.75) is 58.1 Å². The third-order valence-corrected chi connectivity index (χ3v) is 3.51. The maximum Gasteiger partial charge on any atom is 0.315 e. The average molecular weight is 228 g/mol. The first kappa shape index (κ1) is 13.3. The number of aliphatic hydroxyl groups excluding tert-OH is 1. The monoisotopic (exact) mass is 228 g/mol. The molecule has 0 saturated heterocycles. The van der Waals surface area contributed by atoms with Gasteiger partial charge < -0.3 is 15.7 Å². The summed E-state index contributed by atoms with van der Waals surface area (Å²) in [5.41, 5.74) is 0. The van der Waals surface area contributed by atoms with Crippen LogP contribution in [0.2, 0.25) is 0 Å². The molecule has 1 rings (SSSR count). The Morgan fingerprint density at radius 1 is 1.38 bits per heavy atom. The van der Waals surface area contributed by atoms with Crippen molar-refractivity contribution in [2.24, 2.45) is 5.92 Å². The minimum atomic E-state index is -0.429. The predicted octanol–water partition coefficient (Wildman–Crippen LogP) is 1.64. The fraction of sp³-hybridized carbons (Fsp3) is 0.917. The fourth-order valence-corrected chi connectivity index (χ4v) is 1.99. The molecule has 94 valence electrons. The molecule has 1 aliphatic carbocycles. The highest BCUT2D eigenvalue weighted by molar-refractivity contribution is 5.74. The minimum absolute atomic E-state index is 0.144. The van der Waals surface area contributed by atoms with Crippen LogP contribution in [0.1, 0.15) is 46.0 Å². The largest absolute Gasteiger partial charge is 0.391 e. The molecule has 2 amide bonds. The maximum atomic E-state index is 11.4. The molecule has 0 spiro atoms. The van der Waals surface area contributed by atoms with Crippen LogP contribution in [0.25, 0.3) is 0 Å². The zero-order valence-electron chi connectivity index (χ0n) is 10.3. The number of urea groups is 1. The van der Waals surface area contributed by atoms with Gasteiger partial charge in [0.2, 0.25) is 0 Å². The van der Waals surface area contributed by atoms with Crippen molar-refractivity contribution < 1.29 is 9.90 Å². The van der Waals surface area contributed by atoms with Gasteiger partial charge in [-0.25, -0.2) is 4.79 Å². The molecule has 3 N–H and O–H groups in total. The Kier molecular flexibility index (Phi) is 5.60. The molecule has 0 aromatic rings. The summed E-state index contributed by atoms with van der Waals surface area (Å²) < 4.78 is 0. The van der Waals surface area contributed by atoms with Gasteiger partial charge >= 0.3 is 6.03 Å². The highest BCUT2D eigenvalue weighted by Crippen LogP contribution is 2.17. The van der Waals surface area contributed by atoms with Crippen molar-refractivity contribution in [1.82, 2.24) is 10.6 Å². The number of rotatable bonds is 6. The van der Waals surface area contributed by atoms with Crippen LogP contribution in [0.4, 0.5) is 4.79 Å². The first-order valence-corrected chi connectivity index (χ1v) is 6.39. The van der Waals surface area contributed by atoms with Gasteiger partial charge in [-0.05, 0) is 25.2 Å². The van der Waals surface area contributed by atoms with Gasteiger partial charge in [-0.2, -0.15) is 0 Å². The van der Waals surface area contributed by atoms with E-state index in [4.69, 9.17) is 0 Å². The standard InChI is InChI=1S/C12H24N2O2/c1-3-9(4-2)11(15)8-13-12(16)14-10-6-5-7-10/h9-11,15H,3-8H2,1-2H3,(H2,13,14,16)/t11-/m1/s1. The average Bonchev–Trinajstić information content (AvgIpc) is 2.22. The molecule has 0 aromatic heterocycles. The van der Waals surface area contributed by atoms with Crippen molar-refractivity contribution >= 4 is 6.03 Å². The molecule has 0 radical (unpaired) electrons. The lowest BCUT2D eigenvalue weighted by atomic mass is 9.93. The van der Waals surface area contributed by atoms with E-state index in [0.29, 0.717) is 12.6 Å². The first-order valence-electron chi connectivity index (χ1n) is 6.39. The van der Waals surface area contributed by atoms with E-state index in [1.807, 2.05) is 0 Å². The summed E-state index contributed by atoms with van der Waals surface area (Å²) in [5, 5.41) is 15.4. The lowest BCUT2D eigenvalue weighted by Gasteiger charge is -2.27. The Morgan fingerprint density at radius 2 is 2.00 bits per heavy atom. The van der Waals surface area contributed by atoms with Gasteiger partial charge in [-0.15, -0.1) is 0 Å². The van der Waals surface area contributed by atoms with Crippen molar-refractivity contribution in [3.8, 4) is 0 Å². The molecule has 1 fully saturated rings. The van der Waals surface area contributed by atoms with Gasteiger partial charge in [0, 0.05) is 12.6 Å². The van der Waals surface area contributed by atoms with E-state index in [0.717, 1.165) is 25.7 Å². The maximum absolute atomic E-state index is 11.4. The third kappa shape index (κ3) is 4.00. The minimum Gasteiger partial charge on any atom is -0.391 e. The summed E-state index contributed by atoms with van der Waals surface area (Å²) in [6, 6.07) is 0.208. The second-order valence-corrected chi connectivity index (χ2v) is 4.63. The zero-order valence-corrected chi connectivity index (χ0v) is 10.3. The van der Waals surface area contributed by atoms with Gasteiger partial charge in [0.15, 0.2) is 0 Å². The molecule has 0 unspecified atom stereocenters. The van der Waals surface area contributed by atoms with Gasteiger partial charge in [0.05, 0.1) is 6.10 Å². The number of nitrogens with one attached hydrogen (secondary N) is 2. The SMILES string of the molecule is CCC(CC)[C@H](O)CNC(=O)NC1CCC1. The van der Waals surface area contributed by atoms with Crippen LogP contribution >= 0.6 is 0 Å². The Labute approximate surface area is 97.8 Å². The lowest BCUT2D eigenvalue weighted by Crippen LogP contribution is -2.47. The molecule has 1 saturated carbocycles. The van der Waals surface area contributed by atoms with Crippen LogP contribution in [0.15, 0.2) is 0 Å². The Bertz CT molecular complexity index is 213. The normalized spacial score (nSPS) is 18.0. The van der Waals surface area contributed by atoms with Crippen LogP contribution in [0, 0.1) is 5.92 Å². The number of hydrogen-bond donors (Lipinski definition) is 3. The topological polar surface area (TPSA) is 61.4 Å². The summed E-state index contributed by atoms with van der Waals surface area (Å²) in [5.74, 6) is 0.281. The van der Waals surface area contributed by atoms with Crippen LogP contribution in [-0.4, -0.2) is 29.8 Å². The molecule has 0 aromatic carbocycles. The molecule has 1 atom stereocenters. The van der Waals surface area contributed by atoms with Gasteiger partial charge in [-0.3, -0.25) is 0 Å². The molecule has 4 nitrogen and oxygen atoms in total. The first-order chi connectivity index (χ1) is 7.67. The summed E-state index contributed by atoms with van der Waals surface area (Å²) >= 11 is 0.